The monoisotopic (exact) mass is 627 g/mol. The summed E-state index contributed by atoms with van der Waals surface area (Å²) in [6.45, 7) is 1.82. The molecule has 4 atom stereocenters. The minimum Gasteiger partial charge on any atom is -0.511 e. The number of likely N-dealkylation sites (N-methyl/N-ethyl adjacent to an activating group) is 1. The summed E-state index contributed by atoms with van der Waals surface area (Å²) in [7, 11) is 3.37. The Morgan fingerprint density at radius 2 is 1.63 bits per heavy atom. The number of aliphatic hydroxyl groups excluding tert-OH is 2. The normalized spacial score (nSPS) is 24.0. The maximum Gasteiger partial charge on any atom is 0.261 e. The summed E-state index contributed by atoms with van der Waals surface area (Å²) in [4.78, 5) is 69.1. The van der Waals surface area contributed by atoms with Gasteiger partial charge in [-0.1, -0.05) is 31.9 Å². The number of aryl methyl sites for hydroxylation is 1. The fourth-order valence-electron chi connectivity index (χ4n) is 7.94. The van der Waals surface area contributed by atoms with Crippen molar-refractivity contribution in [1.82, 2.24) is 9.80 Å². The van der Waals surface area contributed by atoms with Gasteiger partial charge in [-0.05, 0) is 80.9 Å². The highest BCUT2D eigenvalue weighted by Gasteiger charge is 2.54. The number of phenolic OH excluding ortho intramolecular Hbond substituents is 1. The van der Waals surface area contributed by atoms with Gasteiger partial charge in [-0.3, -0.25) is 33.8 Å². The number of ketones is 2. The number of carbonyl (C=O) groups is 5. The van der Waals surface area contributed by atoms with Crippen molar-refractivity contribution in [2.75, 3.05) is 14.1 Å². The van der Waals surface area contributed by atoms with Crippen molar-refractivity contribution in [1.29, 1.82) is 0 Å². The fraction of sp³-hybridized carbons (Fsp3) is 0.400. The lowest BCUT2D eigenvalue weighted by molar-refractivity contribution is -0.127. The second kappa shape index (κ2) is 11.5. The van der Waals surface area contributed by atoms with Crippen LogP contribution in [-0.2, 0) is 29.0 Å². The number of amides is 3. The minimum absolute atomic E-state index is 0.0159. The number of Topliss-reactive ketones (excluding diaryl/α,β-unsaturated/α-hetero) is 2. The van der Waals surface area contributed by atoms with E-state index in [1.807, 2.05) is 0 Å². The molecule has 5 N–H and O–H groups in total. The number of aromatic hydroxyl groups is 1. The van der Waals surface area contributed by atoms with Crippen molar-refractivity contribution >= 4 is 29.3 Å². The van der Waals surface area contributed by atoms with E-state index in [1.165, 1.54) is 0 Å². The molecule has 1 aliphatic heterocycles. The van der Waals surface area contributed by atoms with Gasteiger partial charge in [0.05, 0.1) is 35.2 Å². The molecule has 2 aromatic rings. The van der Waals surface area contributed by atoms with Crippen LogP contribution in [-0.4, -0.2) is 74.5 Å². The number of aliphatic hydroxyl groups is 2. The molecule has 46 heavy (non-hydrogen) atoms. The zero-order valence-electron chi connectivity index (χ0n) is 26.0. The number of fused-ring (bicyclic) bond motifs is 4. The van der Waals surface area contributed by atoms with E-state index < -0.39 is 70.2 Å². The smallest absolute Gasteiger partial charge is 0.261 e. The summed E-state index contributed by atoms with van der Waals surface area (Å²) in [6, 6.07) is 7.44. The molecule has 3 aliphatic carbocycles. The van der Waals surface area contributed by atoms with E-state index in [1.54, 1.807) is 49.3 Å². The number of phenols is 1. The van der Waals surface area contributed by atoms with Crippen molar-refractivity contribution in [3.05, 3.63) is 86.4 Å². The van der Waals surface area contributed by atoms with E-state index in [0.29, 0.717) is 12.0 Å². The highest BCUT2D eigenvalue weighted by atomic mass is 16.3. The Morgan fingerprint density at radius 1 is 0.978 bits per heavy atom. The Hall–Kier alpha value is -4.77. The Morgan fingerprint density at radius 3 is 2.22 bits per heavy atom. The average molecular weight is 628 g/mol. The Labute approximate surface area is 266 Å². The molecular formula is C35H37N3O8. The molecule has 0 saturated carbocycles. The first-order valence-corrected chi connectivity index (χ1v) is 15.6. The lowest BCUT2D eigenvalue weighted by Gasteiger charge is -2.46. The van der Waals surface area contributed by atoms with Crippen LogP contribution in [0.3, 0.4) is 0 Å². The molecule has 11 heteroatoms. The molecule has 0 fully saturated rings. The van der Waals surface area contributed by atoms with Crippen molar-refractivity contribution in [3.8, 4) is 5.75 Å². The number of unbranched alkanes of at least 4 members (excludes halogenated alkanes) is 2. The lowest BCUT2D eigenvalue weighted by Crippen LogP contribution is -2.53. The van der Waals surface area contributed by atoms with E-state index in [2.05, 4.69) is 6.92 Å². The molecular weight excluding hydrogens is 590 g/mol. The lowest BCUT2D eigenvalue weighted by atomic mass is 9.60. The molecule has 6 rings (SSSR count). The highest BCUT2D eigenvalue weighted by molar-refractivity contribution is 6.23. The first-order chi connectivity index (χ1) is 21.9. The summed E-state index contributed by atoms with van der Waals surface area (Å²) in [5.74, 6) is -7.37. The zero-order valence-corrected chi connectivity index (χ0v) is 26.0. The number of hydrogen-bond donors (Lipinski definition) is 4. The van der Waals surface area contributed by atoms with Gasteiger partial charge in [-0.15, -0.1) is 0 Å². The molecule has 4 aliphatic rings. The van der Waals surface area contributed by atoms with Crippen molar-refractivity contribution in [2.45, 2.75) is 58.0 Å². The molecule has 2 aromatic carbocycles. The van der Waals surface area contributed by atoms with Crippen LogP contribution in [0.25, 0.3) is 0 Å². The average Bonchev–Trinajstić information content (AvgIpc) is 3.23. The standard InChI is InChI=1S/C35H37N3O8/c1-4-5-6-9-16-12-18(15-38-34(45)19-10-7-8-11-20(19)35(38)46)28(39)24-21(16)13-17-14-22-25(30(41)23(17)29(24)40)31(42)26(33(36)44)32(43)27(22)37(2)3/h7-8,10-12,17,22,25,27,39,41,43H,4-6,9,13-15H2,1-3H3,(H2,36,44)/t17?,22?,25?,27-/m0/s1. The number of carbonyl (C=O) groups excluding carboxylic acids is 5. The molecule has 0 radical (unpaired) electrons. The number of benzene rings is 2. The Balaban J connectivity index is 1.46. The second-order valence-corrected chi connectivity index (χ2v) is 12.9. The predicted octanol–water partition coefficient (Wildman–Crippen LogP) is 3.53. The Kier molecular flexibility index (Phi) is 7.84. The third-order valence-electron chi connectivity index (χ3n) is 9.99. The molecule has 0 bridgehead atoms. The van der Waals surface area contributed by atoms with Crippen LogP contribution < -0.4 is 5.73 Å². The van der Waals surface area contributed by atoms with Crippen LogP contribution >= 0.6 is 0 Å². The number of allylic oxidation sites excluding steroid dienone is 2. The number of nitrogens with two attached hydrogens (primary N) is 1. The van der Waals surface area contributed by atoms with Gasteiger partial charge < -0.3 is 21.1 Å². The zero-order chi connectivity index (χ0) is 33.2. The molecule has 1 heterocycles. The topological polar surface area (TPSA) is 179 Å². The molecule has 240 valence electrons. The fourth-order valence-corrected chi connectivity index (χ4v) is 7.94. The van der Waals surface area contributed by atoms with Gasteiger partial charge in [-0.25, -0.2) is 0 Å². The quantitative estimate of drug-likeness (QED) is 0.194. The molecule has 3 unspecified atom stereocenters. The van der Waals surface area contributed by atoms with Crippen molar-refractivity contribution in [2.24, 2.45) is 23.5 Å². The predicted molar refractivity (Wildman–Crippen MR) is 166 cm³/mol. The summed E-state index contributed by atoms with van der Waals surface area (Å²) in [5, 5.41) is 34.2. The minimum atomic E-state index is -1.28. The van der Waals surface area contributed by atoms with Gasteiger partial charge in [0.1, 0.15) is 22.8 Å². The van der Waals surface area contributed by atoms with E-state index >= 15 is 0 Å². The molecule has 3 amide bonds. The van der Waals surface area contributed by atoms with E-state index in [0.717, 1.165) is 29.7 Å². The largest absolute Gasteiger partial charge is 0.511 e. The van der Waals surface area contributed by atoms with Crippen LogP contribution in [0.5, 0.6) is 5.75 Å². The first-order valence-electron chi connectivity index (χ1n) is 15.6. The third-order valence-corrected chi connectivity index (χ3v) is 9.99. The van der Waals surface area contributed by atoms with Gasteiger partial charge in [0, 0.05) is 11.1 Å². The van der Waals surface area contributed by atoms with E-state index in [9.17, 15) is 39.3 Å². The molecule has 0 spiro atoms. The second-order valence-electron chi connectivity index (χ2n) is 12.9. The summed E-state index contributed by atoms with van der Waals surface area (Å²) < 4.78 is 0. The maximum atomic E-state index is 14.3. The van der Waals surface area contributed by atoms with Gasteiger partial charge in [-0.2, -0.15) is 0 Å². The van der Waals surface area contributed by atoms with Gasteiger partial charge in [0.2, 0.25) is 0 Å². The van der Waals surface area contributed by atoms with Crippen LogP contribution in [0.2, 0.25) is 0 Å². The summed E-state index contributed by atoms with van der Waals surface area (Å²) in [5.41, 5.74) is 7.04. The molecule has 0 saturated heterocycles. The summed E-state index contributed by atoms with van der Waals surface area (Å²) >= 11 is 0. The molecule has 0 aromatic heterocycles. The van der Waals surface area contributed by atoms with E-state index in [-0.39, 0.29) is 53.0 Å². The van der Waals surface area contributed by atoms with Crippen LogP contribution in [0.15, 0.2) is 53.0 Å². The molecule has 11 nitrogen and oxygen atoms in total. The third kappa shape index (κ3) is 4.63. The maximum absolute atomic E-state index is 14.3. The van der Waals surface area contributed by atoms with Gasteiger partial charge in [0.15, 0.2) is 11.6 Å². The van der Waals surface area contributed by atoms with Crippen molar-refractivity contribution < 1.29 is 39.3 Å². The van der Waals surface area contributed by atoms with Gasteiger partial charge >= 0.3 is 0 Å². The number of rotatable bonds is 8. The first kappa shape index (κ1) is 31.2. The Bertz CT molecular complexity index is 1750. The van der Waals surface area contributed by atoms with E-state index in [4.69, 9.17) is 5.73 Å². The van der Waals surface area contributed by atoms with Crippen LogP contribution in [0.4, 0.5) is 0 Å². The van der Waals surface area contributed by atoms with Crippen molar-refractivity contribution in [3.63, 3.8) is 0 Å². The number of imide groups is 1. The van der Waals surface area contributed by atoms with Gasteiger partial charge in [0.25, 0.3) is 17.7 Å². The summed E-state index contributed by atoms with van der Waals surface area (Å²) in [6.07, 6.45) is 3.82. The number of primary amides is 1. The SMILES string of the molecule is CCCCCc1cc(CN2C(=O)c3ccccc3C2=O)c(O)c2c1CC1CC3C(C(=O)C(C(N)=O)=C(O)[C@H]3N(C)C)C(O)=C1C2=O. The number of nitrogens with zero attached hydrogens (tertiary/aromatic N) is 2. The van der Waals surface area contributed by atoms with Crippen LogP contribution in [0.1, 0.15) is 80.4 Å². The highest BCUT2D eigenvalue weighted by Crippen LogP contribution is 2.51. The van der Waals surface area contributed by atoms with Crippen LogP contribution in [0, 0.1) is 17.8 Å². The number of hydrogen-bond acceptors (Lipinski definition) is 9.